The number of carbonyl (C=O) groups excluding carboxylic acids is 2. The molecule has 11 nitrogen and oxygen atoms in total. The Kier molecular flexibility index (Phi) is 16.5. The number of esters is 1. The van der Waals surface area contributed by atoms with Crippen molar-refractivity contribution in [3.63, 3.8) is 0 Å². The van der Waals surface area contributed by atoms with E-state index in [-0.39, 0.29) is 35.3 Å². The van der Waals surface area contributed by atoms with Crippen molar-refractivity contribution in [2.24, 2.45) is 5.16 Å². The molecule has 2 fully saturated rings. The van der Waals surface area contributed by atoms with E-state index in [0.717, 1.165) is 0 Å². The molecule has 2 aliphatic heterocycles. The fraction of sp³-hybridized carbons (Fsp3) is 0.371. The van der Waals surface area contributed by atoms with Crippen LogP contribution in [0.5, 0.6) is 0 Å². The summed E-state index contributed by atoms with van der Waals surface area (Å²) in [5.74, 6) is -0.757. The maximum atomic E-state index is 12.9. The van der Waals surface area contributed by atoms with Crippen molar-refractivity contribution in [1.29, 1.82) is 0 Å². The van der Waals surface area contributed by atoms with Gasteiger partial charge >= 0.3 is 18.3 Å². The average molecular weight is 910 g/mol. The third-order valence-corrected chi connectivity index (χ3v) is 9.22. The van der Waals surface area contributed by atoms with E-state index in [0.29, 0.717) is 47.4 Å². The van der Waals surface area contributed by atoms with E-state index < -0.39 is 51.5 Å². The smallest absolute Gasteiger partial charge is 0.437 e. The van der Waals surface area contributed by atoms with E-state index in [2.05, 4.69) is 15.0 Å². The van der Waals surface area contributed by atoms with Crippen LogP contribution in [-0.4, -0.2) is 76.9 Å². The topological polar surface area (TPSA) is 122 Å². The van der Waals surface area contributed by atoms with Crippen LogP contribution in [0.3, 0.4) is 0 Å². The zero-order valence-electron chi connectivity index (χ0n) is 29.5. The van der Waals surface area contributed by atoms with Crippen molar-refractivity contribution in [2.45, 2.75) is 55.8 Å². The molecule has 0 N–H and O–H groups in total. The lowest BCUT2D eigenvalue weighted by atomic mass is 10.1. The lowest BCUT2D eigenvalue weighted by molar-refractivity contribution is -0.144. The highest BCUT2D eigenvalue weighted by Crippen LogP contribution is 2.38. The highest BCUT2D eigenvalue weighted by molar-refractivity contribution is 7.17. The summed E-state index contributed by atoms with van der Waals surface area (Å²) in [7, 11) is 0. The van der Waals surface area contributed by atoms with E-state index in [1.54, 1.807) is 56.5 Å². The van der Waals surface area contributed by atoms with E-state index in [1.165, 1.54) is 29.2 Å². The average Bonchev–Trinajstić information content (AvgIpc) is 3.97. The van der Waals surface area contributed by atoms with Gasteiger partial charge in [0.15, 0.2) is 33.6 Å². The van der Waals surface area contributed by atoms with Crippen LogP contribution in [0.25, 0.3) is 0 Å². The lowest BCUT2D eigenvalue weighted by Gasteiger charge is -2.29. The molecule has 0 radical (unpaired) electrons. The second-order valence-corrected chi connectivity index (χ2v) is 15.0. The van der Waals surface area contributed by atoms with Gasteiger partial charge in [-0.05, 0) is 43.7 Å². The maximum Gasteiger partial charge on any atom is 0.437 e. The summed E-state index contributed by atoms with van der Waals surface area (Å²) in [6.07, 6.45) is -8.77. The number of hydrogen-bond acceptors (Lipinski definition) is 11. The van der Waals surface area contributed by atoms with Gasteiger partial charge in [-0.3, -0.25) is 4.79 Å². The van der Waals surface area contributed by atoms with Gasteiger partial charge < -0.3 is 33.1 Å². The van der Waals surface area contributed by atoms with Gasteiger partial charge in [0.1, 0.15) is 29.1 Å². The number of hydrogen-bond donors (Lipinski definition) is 0. The number of ether oxygens (including phenoxy) is 4. The Labute approximate surface area is 345 Å². The van der Waals surface area contributed by atoms with Crippen LogP contribution >= 0.6 is 57.7 Å². The molecule has 0 bridgehead atoms. The first-order valence-corrected chi connectivity index (χ1v) is 18.7. The first-order chi connectivity index (χ1) is 26.8. The Morgan fingerprint density at radius 3 is 2.19 bits per heavy atom. The number of amides is 1. The molecule has 0 spiro atoms. The Hall–Kier alpha value is -3.62. The Bertz CT molecular complexity index is 1930. The van der Waals surface area contributed by atoms with Gasteiger partial charge in [0.25, 0.3) is 5.91 Å². The molecule has 4 aromatic rings. The number of oxime groups is 1. The SMILES string of the molecule is CC1(C)OC(c2ccco2)CN1C(=O)C(Cl)Cl.FC(F)(F)/C(=N\OCC1OCCO1)c1ccc(Cl)cc1.O=C(OCc1ccccc1)c1sc(Cl)nc1C(F)(F)F. The molecule has 22 heteroatoms. The van der Waals surface area contributed by atoms with Crippen molar-refractivity contribution in [3.05, 3.63) is 110 Å². The molecule has 1 atom stereocenters. The van der Waals surface area contributed by atoms with Gasteiger partial charge in [-0.25, -0.2) is 9.78 Å². The van der Waals surface area contributed by atoms with Crippen LogP contribution in [0.4, 0.5) is 26.3 Å². The summed E-state index contributed by atoms with van der Waals surface area (Å²) in [6.45, 7) is 4.44. The van der Waals surface area contributed by atoms with Crippen LogP contribution in [0.1, 0.15) is 52.2 Å². The van der Waals surface area contributed by atoms with Crippen LogP contribution in [0, 0.1) is 0 Å². The number of nitrogens with zero attached hydrogens (tertiary/aromatic N) is 3. The van der Waals surface area contributed by atoms with Gasteiger partial charge in [0.2, 0.25) is 0 Å². The molecule has 2 aliphatic rings. The van der Waals surface area contributed by atoms with Crippen molar-refractivity contribution in [1.82, 2.24) is 9.88 Å². The van der Waals surface area contributed by atoms with Crippen LogP contribution in [-0.2, 0) is 41.4 Å². The fourth-order valence-corrected chi connectivity index (χ4v) is 6.27. The molecule has 1 unspecified atom stereocenters. The van der Waals surface area contributed by atoms with Gasteiger partial charge in [0.05, 0.1) is 26.0 Å². The molecule has 0 saturated carbocycles. The molecule has 2 aromatic heterocycles. The van der Waals surface area contributed by atoms with Gasteiger partial charge in [-0.15, -0.1) is 0 Å². The second kappa shape index (κ2) is 20.4. The van der Waals surface area contributed by atoms with Crippen LogP contribution in [0.15, 0.2) is 82.6 Å². The van der Waals surface area contributed by atoms with Gasteiger partial charge in [0, 0.05) is 10.6 Å². The Balaban J connectivity index is 0.000000190. The van der Waals surface area contributed by atoms with Crippen molar-refractivity contribution >= 4 is 75.3 Å². The normalized spacial score (nSPS) is 17.1. The van der Waals surface area contributed by atoms with Gasteiger partial charge in [-0.1, -0.05) is 105 Å². The van der Waals surface area contributed by atoms with Crippen molar-refractivity contribution in [3.8, 4) is 0 Å². The molecule has 310 valence electrons. The second-order valence-electron chi connectivity index (χ2n) is 11.9. The molecule has 4 heterocycles. The lowest BCUT2D eigenvalue weighted by Crippen LogP contribution is -2.45. The van der Waals surface area contributed by atoms with Gasteiger partial charge in [-0.2, -0.15) is 26.3 Å². The summed E-state index contributed by atoms with van der Waals surface area (Å²) < 4.78 is 102. The Morgan fingerprint density at radius 1 is 0.982 bits per heavy atom. The number of benzene rings is 2. The third-order valence-electron chi connectivity index (χ3n) is 7.45. The van der Waals surface area contributed by atoms with Crippen LogP contribution in [0.2, 0.25) is 9.49 Å². The first kappa shape index (κ1) is 46.1. The fourth-order valence-electron chi connectivity index (χ4n) is 4.89. The molecule has 1 amide bonds. The molecule has 6 rings (SSSR count). The quantitative estimate of drug-likeness (QED) is 0.0531. The number of halogens is 10. The zero-order valence-corrected chi connectivity index (χ0v) is 33.3. The highest BCUT2D eigenvalue weighted by atomic mass is 35.5. The third kappa shape index (κ3) is 13.7. The summed E-state index contributed by atoms with van der Waals surface area (Å²) in [4.78, 5) is 31.1. The molecular weight excluding hydrogens is 878 g/mol. The van der Waals surface area contributed by atoms with E-state index in [1.807, 2.05) is 6.07 Å². The molecular formula is C35H31Cl4F6N3O8S. The van der Waals surface area contributed by atoms with E-state index >= 15 is 0 Å². The minimum absolute atomic E-state index is 0.119. The summed E-state index contributed by atoms with van der Waals surface area (Å²) in [5, 5.41) is 3.48. The summed E-state index contributed by atoms with van der Waals surface area (Å²) in [5.41, 5.74) is -2.64. The minimum Gasteiger partial charge on any atom is -0.467 e. The molecule has 2 aromatic carbocycles. The largest absolute Gasteiger partial charge is 0.467 e. The monoisotopic (exact) mass is 907 g/mol. The number of furan rings is 1. The van der Waals surface area contributed by atoms with Crippen LogP contribution < -0.4 is 0 Å². The summed E-state index contributed by atoms with van der Waals surface area (Å²) >= 11 is 22.7. The predicted octanol–water partition coefficient (Wildman–Crippen LogP) is 9.89. The van der Waals surface area contributed by atoms with E-state index in [9.17, 15) is 35.9 Å². The number of thiazole rings is 1. The minimum atomic E-state index is -4.75. The number of aromatic nitrogens is 1. The number of alkyl halides is 8. The standard InChI is InChI=1S/C12H11ClF3NO3.C12H7ClF3NO2S.C11H13Cl2NO3/c13-9-3-1-8(2-4-9)11(12(14,15)16)17-20-7-10-18-5-6-19-10;13-11-17-9(12(14,15)16)8(20-11)10(18)19-6-7-4-2-1-3-5-7;1-11(2)14(10(15)9(12)13)6-8(17-11)7-4-3-5-16-7/h1-4,10H,5-7H2;1-5H,6H2;3-5,8-9H,6H2,1-2H3/b17-11-;;. The number of carbonyl (C=O) groups is 2. The molecule has 0 aliphatic carbocycles. The summed E-state index contributed by atoms with van der Waals surface area (Å²) in [6, 6.07) is 17.4. The van der Waals surface area contributed by atoms with E-state index in [4.69, 9.17) is 69.8 Å². The Morgan fingerprint density at radius 2 is 1.63 bits per heavy atom. The zero-order chi connectivity index (χ0) is 42.0. The van der Waals surface area contributed by atoms with Crippen molar-refractivity contribution < 1.29 is 64.1 Å². The first-order valence-electron chi connectivity index (χ1n) is 16.3. The molecule has 57 heavy (non-hydrogen) atoms. The molecule has 2 saturated heterocycles. The maximum absolute atomic E-state index is 12.9. The highest BCUT2D eigenvalue weighted by Gasteiger charge is 2.45. The number of rotatable bonds is 9. The van der Waals surface area contributed by atoms with Crippen molar-refractivity contribution in [2.75, 3.05) is 26.4 Å². The predicted molar refractivity (Wildman–Crippen MR) is 197 cm³/mol.